The van der Waals surface area contributed by atoms with Crippen molar-refractivity contribution in [3.63, 3.8) is 0 Å². The summed E-state index contributed by atoms with van der Waals surface area (Å²) in [6.07, 6.45) is 0. The molecule has 0 aliphatic heterocycles. The third-order valence-corrected chi connectivity index (χ3v) is 4.28. The summed E-state index contributed by atoms with van der Waals surface area (Å²) in [4.78, 5) is 12.0. The number of aryl methyl sites for hydroxylation is 2. The SMILES string of the molecule is Cc1ccc(C)c(OCC(=O)Nc2nnc(-c3ccccc3)s2)c1. The van der Waals surface area contributed by atoms with Gasteiger partial charge >= 0.3 is 0 Å². The maximum absolute atomic E-state index is 12.0. The van der Waals surface area contributed by atoms with E-state index >= 15 is 0 Å². The van der Waals surface area contributed by atoms with Crippen molar-refractivity contribution in [3.8, 4) is 16.3 Å². The number of nitrogens with zero attached hydrogens (tertiary/aromatic N) is 2. The number of rotatable bonds is 5. The van der Waals surface area contributed by atoms with Crippen LogP contribution in [0, 0.1) is 13.8 Å². The Bertz CT molecular complexity index is 846. The van der Waals surface area contributed by atoms with Gasteiger partial charge < -0.3 is 4.74 Å². The van der Waals surface area contributed by atoms with Crippen LogP contribution in [0.5, 0.6) is 5.75 Å². The molecule has 0 atom stereocenters. The largest absolute Gasteiger partial charge is 0.483 e. The van der Waals surface area contributed by atoms with Gasteiger partial charge in [-0.2, -0.15) is 0 Å². The lowest BCUT2D eigenvalue weighted by atomic mass is 10.1. The molecule has 2 aromatic carbocycles. The van der Waals surface area contributed by atoms with Gasteiger partial charge in [-0.1, -0.05) is 53.8 Å². The van der Waals surface area contributed by atoms with Crippen molar-refractivity contribution >= 4 is 22.4 Å². The molecule has 0 bridgehead atoms. The molecule has 0 aliphatic rings. The lowest BCUT2D eigenvalue weighted by Gasteiger charge is -2.09. The summed E-state index contributed by atoms with van der Waals surface area (Å²) >= 11 is 1.33. The van der Waals surface area contributed by atoms with Crippen molar-refractivity contribution < 1.29 is 9.53 Å². The van der Waals surface area contributed by atoms with Crippen LogP contribution in [0.15, 0.2) is 48.5 Å². The first kappa shape index (κ1) is 16.1. The predicted molar refractivity (Wildman–Crippen MR) is 95.4 cm³/mol. The molecule has 0 radical (unpaired) electrons. The van der Waals surface area contributed by atoms with E-state index in [1.165, 1.54) is 11.3 Å². The minimum absolute atomic E-state index is 0.0649. The number of aromatic nitrogens is 2. The fourth-order valence-electron chi connectivity index (χ4n) is 2.13. The molecule has 122 valence electrons. The van der Waals surface area contributed by atoms with Gasteiger partial charge in [-0.3, -0.25) is 10.1 Å². The number of anilines is 1. The Morgan fingerprint density at radius 2 is 1.92 bits per heavy atom. The quantitative estimate of drug-likeness (QED) is 0.767. The fourth-order valence-corrected chi connectivity index (χ4v) is 2.90. The van der Waals surface area contributed by atoms with Crippen LogP contribution in [0.1, 0.15) is 11.1 Å². The van der Waals surface area contributed by atoms with Crippen LogP contribution in [0.3, 0.4) is 0 Å². The predicted octanol–water partition coefficient (Wildman–Crippen LogP) is 3.84. The van der Waals surface area contributed by atoms with Crippen LogP contribution in [0.2, 0.25) is 0 Å². The van der Waals surface area contributed by atoms with Gasteiger partial charge in [-0.15, -0.1) is 10.2 Å². The zero-order valence-corrected chi connectivity index (χ0v) is 14.3. The second kappa shape index (κ2) is 7.23. The first-order valence-corrected chi connectivity index (χ1v) is 8.32. The minimum Gasteiger partial charge on any atom is -0.483 e. The summed E-state index contributed by atoms with van der Waals surface area (Å²) in [5, 5.41) is 12.0. The molecule has 5 nitrogen and oxygen atoms in total. The maximum Gasteiger partial charge on any atom is 0.264 e. The number of amides is 1. The third kappa shape index (κ3) is 3.97. The highest BCUT2D eigenvalue weighted by molar-refractivity contribution is 7.18. The molecule has 3 rings (SSSR count). The molecule has 0 saturated carbocycles. The molecule has 0 aliphatic carbocycles. The zero-order valence-electron chi connectivity index (χ0n) is 13.4. The Morgan fingerprint density at radius 1 is 1.12 bits per heavy atom. The topological polar surface area (TPSA) is 64.1 Å². The molecule has 0 unspecified atom stereocenters. The van der Waals surface area contributed by atoms with E-state index in [2.05, 4.69) is 15.5 Å². The number of hydrogen-bond donors (Lipinski definition) is 1. The summed E-state index contributed by atoms with van der Waals surface area (Å²) in [6.45, 7) is 3.87. The number of nitrogens with one attached hydrogen (secondary N) is 1. The molecule has 1 aromatic heterocycles. The van der Waals surface area contributed by atoms with Crippen molar-refractivity contribution in [2.75, 3.05) is 11.9 Å². The normalized spacial score (nSPS) is 10.4. The monoisotopic (exact) mass is 339 g/mol. The summed E-state index contributed by atoms with van der Waals surface area (Å²) in [7, 11) is 0. The number of carbonyl (C=O) groups excluding carboxylic acids is 1. The Hall–Kier alpha value is -2.73. The number of hydrogen-bond acceptors (Lipinski definition) is 5. The Labute approximate surface area is 144 Å². The molecule has 1 heterocycles. The Balaban J connectivity index is 1.59. The highest BCUT2D eigenvalue weighted by atomic mass is 32.1. The summed E-state index contributed by atoms with van der Waals surface area (Å²) in [5.41, 5.74) is 3.06. The summed E-state index contributed by atoms with van der Waals surface area (Å²) < 4.78 is 5.59. The number of carbonyl (C=O) groups is 1. The Morgan fingerprint density at radius 3 is 2.71 bits per heavy atom. The van der Waals surface area contributed by atoms with Gasteiger partial charge in [0, 0.05) is 5.56 Å². The summed E-state index contributed by atoms with van der Waals surface area (Å²) in [5.74, 6) is 0.457. The second-order valence-electron chi connectivity index (χ2n) is 5.38. The average Bonchev–Trinajstić information content (AvgIpc) is 3.05. The van der Waals surface area contributed by atoms with Crippen LogP contribution in [0.4, 0.5) is 5.13 Å². The van der Waals surface area contributed by atoms with Gasteiger partial charge in [0.2, 0.25) is 5.13 Å². The van der Waals surface area contributed by atoms with Crippen LogP contribution in [0.25, 0.3) is 10.6 Å². The smallest absolute Gasteiger partial charge is 0.264 e. The molecular weight excluding hydrogens is 322 g/mol. The molecule has 0 spiro atoms. The van der Waals surface area contributed by atoms with E-state index in [9.17, 15) is 4.79 Å². The van der Waals surface area contributed by atoms with Crippen molar-refractivity contribution in [2.24, 2.45) is 0 Å². The molecular formula is C18H17N3O2S. The first-order chi connectivity index (χ1) is 11.6. The second-order valence-corrected chi connectivity index (χ2v) is 6.36. The van der Waals surface area contributed by atoms with Crippen LogP contribution < -0.4 is 10.1 Å². The molecule has 1 N–H and O–H groups in total. The molecule has 6 heteroatoms. The standard InChI is InChI=1S/C18H17N3O2S/c1-12-8-9-13(2)15(10-12)23-11-16(22)19-18-21-20-17(24-18)14-6-4-3-5-7-14/h3-10H,11H2,1-2H3,(H,19,21,22). The van der Waals surface area contributed by atoms with Crippen molar-refractivity contribution in [1.29, 1.82) is 0 Å². The fraction of sp³-hybridized carbons (Fsp3) is 0.167. The van der Waals surface area contributed by atoms with E-state index in [-0.39, 0.29) is 12.5 Å². The van der Waals surface area contributed by atoms with Gasteiger partial charge in [0.1, 0.15) is 10.8 Å². The third-order valence-electron chi connectivity index (χ3n) is 3.39. The lowest BCUT2D eigenvalue weighted by molar-refractivity contribution is -0.118. The lowest BCUT2D eigenvalue weighted by Crippen LogP contribution is -2.20. The number of benzene rings is 2. The van der Waals surface area contributed by atoms with Gasteiger partial charge in [-0.25, -0.2) is 0 Å². The van der Waals surface area contributed by atoms with E-state index in [0.717, 1.165) is 21.7 Å². The van der Waals surface area contributed by atoms with Crippen LogP contribution in [-0.4, -0.2) is 22.7 Å². The maximum atomic E-state index is 12.0. The van der Waals surface area contributed by atoms with E-state index in [4.69, 9.17) is 4.74 Å². The summed E-state index contributed by atoms with van der Waals surface area (Å²) in [6, 6.07) is 15.6. The van der Waals surface area contributed by atoms with Gasteiger partial charge in [0.15, 0.2) is 6.61 Å². The van der Waals surface area contributed by atoms with Crippen molar-refractivity contribution in [1.82, 2.24) is 10.2 Å². The van der Waals surface area contributed by atoms with Gasteiger partial charge in [0.05, 0.1) is 0 Å². The van der Waals surface area contributed by atoms with Gasteiger partial charge in [0.25, 0.3) is 5.91 Å². The molecule has 0 fully saturated rings. The Kier molecular flexibility index (Phi) is 4.86. The zero-order chi connectivity index (χ0) is 16.9. The molecule has 24 heavy (non-hydrogen) atoms. The van der Waals surface area contributed by atoms with Crippen molar-refractivity contribution in [3.05, 3.63) is 59.7 Å². The highest BCUT2D eigenvalue weighted by Gasteiger charge is 2.10. The van der Waals surface area contributed by atoms with Crippen LogP contribution >= 0.6 is 11.3 Å². The average molecular weight is 339 g/mol. The van der Waals surface area contributed by atoms with Crippen LogP contribution in [-0.2, 0) is 4.79 Å². The van der Waals surface area contributed by atoms with E-state index < -0.39 is 0 Å². The van der Waals surface area contributed by atoms with E-state index in [1.54, 1.807) is 0 Å². The van der Waals surface area contributed by atoms with Gasteiger partial charge in [-0.05, 0) is 31.0 Å². The molecule has 1 amide bonds. The van der Waals surface area contributed by atoms with E-state index in [1.807, 2.05) is 62.4 Å². The molecule has 3 aromatic rings. The van der Waals surface area contributed by atoms with Crippen molar-refractivity contribution in [2.45, 2.75) is 13.8 Å². The molecule has 0 saturated heterocycles. The highest BCUT2D eigenvalue weighted by Crippen LogP contribution is 2.26. The first-order valence-electron chi connectivity index (χ1n) is 7.50. The van der Waals surface area contributed by atoms with E-state index in [0.29, 0.717) is 10.9 Å². The number of ether oxygens (including phenoxy) is 1. The minimum atomic E-state index is -0.258.